The summed E-state index contributed by atoms with van der Waals surface area (Å²) in [6.45, 7) is 6.53. The molecule has 1 unspecified atom stereocenters. The third kappa shape index (κ3) is 5.50. The molecule has 1 fully saturated rings. The van der Waals surface area contributed by atoms with E-state index in [0.29, 0.717) is 49.1 Å². The zero-order chi connectivity index (χ0) is 25.0. The van der Waals surface area contributed by atoms with E-state index in [1.54, 1.807) is 7.11 Å². The number of benzene rings is 2. The van der Waals surface area contributed by atoms with Crippen LogP contribution < -0.4 is 9.54 Å². The SMILES string of the molecule is CCOc1cccc2sc(=NC(=O)c3ccc(S(=O)(=O)N4CCCC(C)C4)cc3)n(CCOC)c12. The number of nitrogens with zero attached hydrogens (tertiary/aromatic N) is 3. The highest BCUT2D eigenvalue weighted by molar-refractivity contribution is 7.89. The van der Waals surface area contributed by atoms with Crippen molar-refractivity contribution >= 4 is 37.5 Å². The molecule has 2 aromatic carbocycles. The molecule has 1 aliphatic heterocycles. The molecule has 0 aliphatic carbocycles. The van der Waals surface area contributed by atoms with Crippen LogP contribution in [0.2, 0.25) is 0 Å². The number of thiazole rings is 1. The number of fused-ring (bicyclic) bond motifs is 1. The highest BCUT2D eigenvalue weighted by atomic mass is 32.2. The summed E-state index contributed by atoms with van der Waals surface area (Å²) >= 11 is 1.40. The summed E-state index contributed by atoms with van der Waals surface area (Å²) < 4.78 is 41.5. The van der Waals surface area contributed by atoms with E-state index in [9.17, 15) is 13.2 Å². The van der Waals surface area contributed by atoms with Gasteiger partial charge in [-0.25, -0.2) is 8.42 Å². The minimum atomic E-state index is -3.58. The molecule has 188 valence electrons. The third-order valence-electron chi connectivity index (χ3n) is 6.04. The molecule has 35 heavy (non-hydrogen) atoms. The largest absolute Gasteiger partial charge is 0.492 e. The van der Waals surface area contributed by atoms with Crippen LogP contribution in [-0.4, -0.2) is 56.6 Å². The standard InChI is InChI=1S/C25H31N3O5S2/c1-4-33-21-8-5-9-22-23(21)28(15-16-32-3)25(34-22)26-24(29)19-10-12-20(13-11-19)35(30,31)27-14-6-7-18(2)17-27/h5,8-13,18H,4,6-7,14-17H2,1-3H3. The van der Waals surface area contributed by atoms with Gasteiger partial charge in [-0.15, -0.1) is 0 Å². The number of rotatable bonds is 8. The van der Waals surface area contributed by atoms with E-state index in [2.05, 4.69) is 11.9 Å². The van der Waals surface area contributed by atoms with Gasteiger partial charge in [-0.1, -0.05) is 24.3 Å². The second kappa shape index (κ2) is 11.0. The van der Waals surface area contributed by atoms with Crippen LogP contribution >= 0.6 is 11.3 Å². The third-order valence-corrected chi connectivity index (χ3v) is 8.96. The predicted molar refractivity (Wildman–Crippen MR) is 136 cm³/mol. The van der Waals surface area contributed by atoms with Crippen LogP contribution in [0.3, 0.4) is 0 Å². The maximum Gasteiger partial charge on any atom is 0.279 e. The van der Waals surface area contributed by atoms with Crippen molar-refractivity contribution in [2.45, 2.75) is 38.1 Å². The van der Waals surface area contributed by atoms with Gasteiger partial charge in [-0.3, -0.25) is 4.79 Å². The quantitative estimate of drug-likeness (QED) is 0.452. The number of hydrogen-bond acceptors (Lipinski definition) is 6. The normalized spacial score (nSPS) is 17.7. The van der Waals surface area contributed by atoms with Crippen molar-refractivity contribution in [3.63, 3.8) is 0 Å². The Morgan fingerprint density at radius 1 is 1.20 bits per heavy atom. The Morgan fingerprint density at radius 2 is 1.97 bits per heavy atom. The minimum Gasteiger partial charge on any atom is -0.492 e. The fourth-order valence-corrected chi connectivity index (χ4v) is 6.95. The molecule has 0 N–H and O–H groups in total. The van der Waals surface area contributed by atoms with E-state index in [-0.39, 0.29) is 4.90 Å². The number of para-hydroxylation sites is 1. The molecule has 0 spiro atoms. The van der Waals surface area contributed by atoms with Crippen molar-refractivity contribution in [2.75, 3.05) is 33.4 Å². The lowest BCUT2D eigenvalue weighted by molar-refractivity contribution is 0.0997. The average Bonchev–Trinajstić information content (AvgIpc) is 3.20. The summed E-state index contributed by atoms with van der Waals surface area (Å²) in [4.78, 5) is 18.2. The number of aromatic nitrogens is 1. The molecule has 0 radical (unpaired) electrons. The molecule has 1 aromatic heterocycles. The van der Waals surface area contributed by atoms with Crippen molar-refractivity contribution < 1.29 is 22.7 Å². The zero-order valence-corrected chi connectivity index (χ0v) is 21.9. The number of carbonyl (C=O) groups is 1. The number of ether oxygens (including phenoxy) is 2. The second-order valence-electron chi connectivity index (χ2n) is 8.62. The molecule has 10 heteroatoms. The van der Waals surface area contributed by atoms with Crippen LogP contribution in [-0.2, 0) is 21.3 Å². The highest BCUT2D eigenvalue weighted by Crippen LogP contribution is 2.28. The molecule has 1 saturated heterocycles. The van der Waals surface area contributed by atoms with Crippen LogP contribution in [0, 0.1) is 5.92 Å². The first-order chi connectivity index (χ1) is 16.8. The fourth-order valence-electron chi connectivity index (χ4n) is 4.28. The summed E-state index contributed by atoms with van der Waals surface area (Å²) in [5.41, 5.74) is 1.21. The molecule has 0 saturated carbocycles. The average molecular weight is 518 g/mol. The van der Waals surface area contributed by atoms with Gasteiger partial charge in [0.15, 0.2) is 4.80 Å². The van der Waals surface area contributed by atoms with Crippen molar-refractivity contribution in [1.82, 2.24) is 8.87 Å². The Hall–Kier alpha value is -2.53. The molecule has 3 aromatic rings. The summed E-state index contributed by atoms with van der Waals surface area (Å²) in [6, 6.07) is 11.8. The van der Waals surface area contributed by atoms with Crippen LogP contribution in [0.25, 0.3) is 10.2 Å². The molecule has 1 atom stereocenters. The van der Waals surface area contributed by atoms with Gasteiger partial charge in [0.05, 0.1) is 22.8 Å². The number of amides is 1. The number of hydrogen-bond donors (Lipinski definition) is 0. The minimum absolute atomic E-state index is 0.196. The lowest BCUT2D eigenvalue weighted by Gasteiger charge is -2.30. The number of methoxy groups -OCH3 is 1. The van der Waals surface area contributed by atoms with E-state index in [0.717, 1.165) is 28.8 Å². The molecular weight excluding hydrogens is 486 g/mol. The van der Waals surface area contributed by atoms with Gasteiger partial charge in [0.1, 0.15) is 11.3 Å². The maximum atomic E-state index is 13.0. The monoisotopic (exact) mass is 517 g/mol. The fraction of sp³-hybridized carbons (Fsp3) is 0.440. The van der Waals surface area contributed by atoms with Crippen molar-refractivity contribution in [3.05, 3.63) is 52.8 Å². The van der Waals surface area contributed by atoms with E-state index >= 15 is 0 Å². The maximum absolute atomic E-state index is 13.0. The Morgan fingerprint density at radius 3 is 2.66 bits per heavy atom. The topological polar surface area (TPSA) is 90.2 Å². The Labute approximate surface area is 209 Å². The van der Waals surface area contributed by atoms with Gasteiger partial charge in [-0.05, 0) is 62.1 Å². The molecular formula is C25H31N3O5S2. The first-order valence-electron chi connectivity index (χ1n) is 11.8. The van der Waals surface area contributed by atoms with Gasteiger partial charge in [-0.2, -0.15) is 9.30 Å². The van der Waals surface area contributed by atoms with Crippen LogP contribution in [0.4, 0.5) is 0 Å². The Bertz CT molecular complexity index is 1360. The number of carbonyl (C=O) groups excluding carboxylic acids is 1. The molecule has 2 heterocycles. The molecule has 8 nitrogen and oxygen atoms in total. The first-order valence-corrected chi connectivity index (χ1v) is 14.0. The lowest BCUT2D eigenvalue weighted by atomic mass is 10.0. The molecule has 1 amide bonds. The first kappa shape index (κ1) is 25.6. The van der Waals surface area contributed by atoms with Crippen LogP contribution in [0.15, 0.2) is 52.4 Å². The Kier molecular flexibility index (Phi) is 8.05. The predicted octanol–water partition coefficient (Wildman–Crippen LogP) is 3.91. The highest BCUT2D eigenvalue weighted by Gasteiger charge is 2.28. The zero-order valence-electron chi connectivity index (χ0n) is 20.3. The number of piperidine rings is 1. The summed E-state index contributed by atoms with van der Waals surface area (Å²) in [6.07, 6.45) is 1.90. The molecule has 1 aliphatic rings. The van der Waals surface area contributed by atoms with Crippen molar-refractivity contribution in [2.24, 2.45) is 10.9 Å². The van der Waals surface area contributed by atoms with Crippen molar-refractivity contribution in [3.8, 4) is 5.75 Å². The summed E-state index contributed by atoms with van der Waals surface area (Å²) in [5, 5.41) is 0. The van der Waals surface area contributed by atoms with Crippen LogP contribution in [0.1, 0.15) is 37.0 Å². The van der Waals surface area contributed by atoms with Gasteiger partial charge >= 0.3 is 0 Å². The molecule has 0 bridgehead atoms. The van der Waals surface area contributed by atoms with Gasteiger partial charge in [0.2, 0.25) is 10.0 Å². The van der Waals surface area contributed by atoms with Gasteiger partial charge in [0, 0.05) is 32.3 Å². The molecule has 4 rings (SSSR count). The Balaban J connectivity index is 1.66. The van der Waals surface area contributed by atoms with Gasteiger partial charge < -0.3 is 14.0 Å². The smallest absolute Gasteiger partial charge is 0.279 e. The van der Waals surface area contributed by atoms with Crippen LogP contribution in [0.5, 0.6) is 5.75 Å². The van der Waals surface area contributed by atoms with Gasteiger partial charge in [0.25, 0.3) is 5.91 Å². The summed E-state index contributed by atoms with van der Waals surface area (Å²) in [7, 11) is -1.95. The van der Waals surface area contributed by atoms with E-state index in [1.165, 1.54) is 39.9 Å². The van der Waals surface area contributed by atoms with E-state index in [4.69, 9.17) is 9.47 Å². The lowest BCUT2D eigenvalue weighted by Crippen LogP contribution is -2.39. The number of sulfonamides is 1. The second-order valence-corrected chi connectivity index (χ2v) is 11.6. The van der Waals surface area contributed by atoms with E-state index < -0.39 is 15.9 Å². The van der Waals surface area contributed by atoms with Crippen molar-refractivity contribution in [1.29, 1.82) is 0 Å². The van der Waals surface area contributed by atoms with E-state index in [1.807, 2.05) is 29.7 Å². The summed E-state index contributed by atoms with van der Waals surface area (Å²) in [5.74, 6) is 0.636.